The summed E-state index contributed by atoms with van der Waals surface area (Å²) in [6.45, 7) is 6.54. The van der Waals surface area contributed by atoms with Crippen LogP contribution in [0.2, 0.25) is 0 Å². The summed E-state index contributed by atoms with van der Waals surface area (Å²) in [5.41, 5.74) is -1.12. The molecule has 1 aliphatic carbocycles. The Balaban J connectivity index is 2.12. The van der Waals surface area contributed by atoms with Gasteiger partial charge in [-0.1, -0.05) is 33.6 Å². The summed E-state index contributed by atoms with van der Waals surface area (Å²) in [6, 6.07) is 0.990. The van der Waals surface area contributed by atoms with E-state index in [1.54, 1.807) is 20.8 Å². The molecule has 1 N–H and O–H groups in total. The van der Waals surface area contributed by atoms with E-state index in [1.807, 2.05) is 13.0 Å². The SMILES string of the molecule is CC(C)[C@](C)(C#N)NC(=O)CN1C(=O)C(=O)N([C@H]2CCCC[C@@H]2C)C1=O. The zero-order valence-corrected chi connectivity index (χ0v) is 15.7. The minimum atomic E-state index is -1.12. The normalized spacial score (nSPS) is 26.1. The summed E-state index contributed by atoms with van der Waals surface area (Å²) in [5, 5.41) is 11.8. The third-order valence-electron chi connectivity index (χ3n) is 5.57. The fourth-order valence-electron chi connectivity index (χ4n) is 3.41. The summed E-state index contributed by atoms with van der Waals surface area (Å²) in [5.74, 6) is -2.53. The highest BCUT2D eigenvalue weighted by atomic mass is 16.2. The van der Waals surface area contributed by atoms with E-state index < -0.39 is 35.8 Å². The molecule has 0 radical (unpaired) electrons. The minimum absolute atomic E-state index is 0.126. The fourth-order valence-corrected chi connectivity index (χ4v) is 3.41. The van der Waals surface area contributed by atoms with Gasteiger partial charge in [0.2, 0.25) is 5.91 Å². The molecule has 1 heterocycles. The van der Waals surface area contributed by atoms with Crippen LogP contribution in [0.5, 0.6) is 0 Å². The maximum atomic E-state index is 12.6. The molecule has 142 valence electrons. The first-order chi connectivity index (χ1) is 12.1. The van der Waals surface area contributed by atoms with Crippen LogP contribution in [0.3, 0.4) is 0 Å². The van der Waals surface area contributed by atoms with E-state index in [4.69, 9.17) is 0 Å². The Hall–Kier alpha value is -2.43. The Morgan fingerprint density at radius 2 is 1.88 bits per heavy atom. The van der Waals surface area contributed by atoms with E-state index in [2.05, 4.69) is 5.32 Å². The molecular weight excluding hydrogens is 336 g/mol. The van der Waals surface area contributed by atoms with Gasteiger partial charge < -0.3 is 5.32 Å². The largest absolute Gasteiger partial charge is 0.336 e. The smallest absolute Gasteiger partial charge is 0.334 e. The predicted molar refractivity (Wildman–Crippen MR) is 92.4 cm³/mol. The van der Waals surface area contributed by atoms with Gasteiger partial charge in [-0.05, 0) is 31.6 Å². The molecule has 0 spiro atoms. The molecule has 1 saturated carbocycles. The molecule has 26 heavy (non-hydrogen) atoms. The number of nitrogens with zero attached hydrogens (tertiary/aromatic N) is 3. The molecular formula is C18H26N4O4. The molecule has 2 fully saturated rings. The van der Waals surface area contributed by atoms with Crippen LogP contribution in [-0.4, -0.2) is 51.7 Å². The van der Waals surface area contributed by atoms with Gasteiger partial charge in [0.05, 0.1) is 6.07 Å². The molecule has 2 aliphatic rings. The summed E-state index contributed by atoms with van der Waals surface area (Å²) in [7, 11) is 0. The quantitative estimate of drug-likeness (QED) is 0.587. The molecule has 0 aromatic heterocycles. The lowest BCUT2D eigenvalue weighted by molar-refractivity contribution is -0.145. The number of nitrogens with one attached hydrogen (secondary N) is 1. The number of imide groups is 2. The highest BCUT2D eigenvalue weighted by Gasteiger charge is 2.49. The minimum Gasteiger partial charge on any atom is -0.336 e. The average molecular weight is 362 g/mol. The summed E-state index contributed by atoms with van der Waals surface area (Å²) >= 11 is 0. The van der Waals surface area contributed by atoms with Crippen LogP contribution < -0.4 is 5.32 Å². The zero-order chi connectivity index (χ0) is 19.6. The molecule has 1 aliphatic heterocycles. The molecule has 0 aromatic carbocycles. The summed E-state index contributed by atoms with van der Waals surface area (Å²) < 4.78 is 0. The third-order valence-corrected chi connectivity index (χ3v) is 5.57. The number of carbonyl (C=O) groups excluding carboxylic acids is 4. The maximum Gasteiger partial charge on any atom is 0.334 e. The summed E-state index contributed by atoms with van der Waals surface area (Å²) in [6.07, 6.45) is 3.50. The van der Waals surface area contributed by atoms with Crippen LogP contribution >= 0.6 is 0 Å². The second-order valence-corrected chi connectivity index (χ2v) is 7.70. The van der Waals surface area contributed by atoms with Crippen LogP contribution in [-0.2, 0) is 14.4 Å². The number of amides is 5. The number of hydrogen-bond acceptors (Lipinski definition) is 5. The number of carbonyl (C=O) groups is 4. The van der Waals surface area contributed by atoms with Gasteiger partial charge in [0, 0.05) is 6.04 Å². The van der Waals surface area contributed by atoms with Gasteiger partial charge in [-0.2, -0.15) is 5.26 Å². The van der Waals surface area contributed by atoms with Gasteiger partial charge in [0.15, 0.2) is 0 Å². The first-order valence-electron chi connectivity index (χ1n) is 9.03. The van der Waals surface area contributed by atoms with Crippen molar-refractivity contribution in [1.29, 1.82) is 5.26 Å². The standard InChI is InChI=1S/C18H26N4O4/c1-11(2)18(4,10-19)20-14(23)9-21-15(24)16(25)22(17(21)26)13-8-6-5-7-12(13)3/h11-13H,5-9H2,1-4H3,(H,20,23)/t12-,13-,18-/m0/s1. The Kier molecular flexibility index (Phi) is 5.69. The van der Waals surface area contributed by atoms with E-state index in [1.165, 1.54) is 0 Å². The first-order valence-corrected chi connectivity index (χ1v) is 9.03. The lowest BCUT2D eigenvalue weighted by Gasteiger charge is -2.34. The van der Waals surface area contributed by atoms with Crippen molar-refractivity contribution in [2.24, 2.45) is 11.8 Å². The number of nitriles is 1. The number of urea groups is 1. The molecule has 0 bridgehead atoms. The van der Waals surface area contributed by atoms with E-state index >= 15 is 0 Å². The Bertz CT molecular complexity index is 669. The number of hydrogen-bond donors (Lipinski definition) is 1. The second-order valence-electron chi connectivity index (χ2n) is 7.70. The van der Waals surface area contributed by atoms with Gasteiger partial charge in [0.1, 0.15) is 12.1 Å². The molecule has 0 aromatic rings. The Morgan fingerprint density at radius 3 is 2.42 bits per heavy atom. The molecule has 8 nitrogen and oxygen atoms in total. The van der Waals surface area contributed by atoms with Crippen LogP contribution in [0.4, 0.5) is 4.79 Å². The van der Waals surface area contributed by atoms with Crippen molar-refractivity contribution in [3.8, 4) is 6.07 Å². The first kappa shape index (κ1) is 19.9. The monoisotopic (exact) mass is 362 g/mol. The van der Waals surface area contributed by atoms with Crippen molar-refractivity contribution in [3.05, 3.63) is 0 Å². The average Bonchev–Trinajstić information content (AvgIpc) is 2.79. The third kappa shape index (κ3) is 3.57. The Morgan fingerprint density at radius 1 is 1.27 bits per heavy atom. The van der Waals surface area contributed by atoms with Gasteiger partial charge in [0.25, 0.3) is 0 Å². The van der Waals surface area contributed by atoms with Crippen molar-refractivity contribution in [2.45, 2.75) is 65.0 Å². The van der Waals surface area contributed by atoms with Crippen LogP contribution in [0.1, 0.15) is 53.4 Å². The van der Waals surface area contributed by atoms with Gasteiger partial charge >= 0.3 is 17.8 Å². The van der Waals surface area contributed by atoms with E-state index in [-0.39, 0.29) is 17.9 Å². The molecule has 5 amide bonds. The lowest BCUT2D eigenvalue weighted by Crippen LogP contribution is -2.53. The van der Waals surface area contributed by atoms with Crippen LogP contribution in [0, 0.1) is 23.2 Å². The fraction of sp³-hybridized carbons (Fsp3) is 0.722. The van der Waals surface area contributed by atoms with Crippen molar-refractivity contribution < 1.29 is 19.2 Å². The molecule has 3 atom stereocenters. The number of rotatable bonds is 5. The van der Waals surface area contributed by atoms with Crippen molar-refractivity contribution in [1.82, 2.24) is 15.1 Å². The van der Waals surface area contributed by atoms with Crippen molar-refractivity contribution in [2.75, 3.05) is 6.54 Å². The van der Waals surface area contributed by atoms with Gasteiger partial charge in [-0.25, -0.2) is 9.69 Å². The van der Waals surface area contributed by atoms with Crippen LogP contribution in [0.25, 0.3) is 0 Å². The highest BCUT2D eigenvalue weighted by Crippen LogP contribution is 2.31. The van der Waals surface area contributed by atoms with E-state index in [0.29, 0.717) is 11.3 Å². The van der Waals surface area contributed by atoms with Gasteiger partial charge in [-0.3, -0.25) is 19.3 Å². The zero-order valence-electron chi connectivity index (χ0n) is 15.7. The van der Waals surface area contributed by atoms with Gasteiger partial charge in [-0.15, -0.1) is 0 Å². The highest BCUT2D eigenvalue weighted by molar-refractivity contribution is 6.45. The summed E-state index contributed by atoms with van der Waals surface area (Å²) in [4.78, 5) is 51.2. The molecule has 0 unspecified atom stereocenters. The maximum absolute atomic E-state index is 12.6. The van der Waals surface area contributed by atoms with E-state index in [0.717, 1.165) is 24.2 Å². The van der Waals surface area contributed by atoms with Crippen molar-refractivity contribution >= 4 is 23.8 Å². The molecule has 1 saturated heterocycles. The van der Waals surface area contributed by atoms with E-state index in [9.17, 15) is 24.4 Å². The molecule has 2 rings (SSSR count). The second kappa shape index (κ2) is 7.44. The lowest BCUT2D eigenvalue weighted by atomic mass is 9.85. The van der Waals surface area contributed by atoms with Crippen LogP contribution in [0.15, 0.2) is 0 Å². The van der Waals surface area contributed by atoms with Crippen molar-refractivity contribution in [3.63, 3.8) is 0 Å². The predicted octanol–water partition coefficient (Wildman–Crippen LogP) is 1.41. The molecule has 8 heteroatoms. The Labute approximate surface area is 153 Å². The topological polar surface area (TPSA) is 111 Å².